The first-order chi connectivity index (χ1) is 6.79. The molecule has 4 heteroatoms. The van der Waals surface area contributed by atoms with Crippen LogP contribution in [0.5, 0.6) is 0 Å². The van der Waals surface area contributed by atoms with E-state index in [1.807, 2.05) is 11.3 Å². The summed E-state index contributed by atoms with van der Waals surface area (Å²) in [6.45, 7) is 4.14. The Kier molecular flexibility index (Phi) is 3.15. The van der Waals surface area contributed by atoms with Gasteiger partial charge in [0.15, 0.2) is 0 Å². The zero-order valence-electron chi connectivity index (χ0n) is 8.67. The van der Waals surface area contributed by atoms with Crippen LogP contribution in [0.2, 0.25) is 0 Å². The average molecular weight is 212 g/mol. The van der Waals surface area contributed by atoms with Crippen molar-refractivity contribution in [2.75, 3.05) is 13.7 Å². The first kappa shape index (κ1) is 10.1. The summed E-state index contributed by atoms with van der Waals surface area (Å²) in [5, 5.41) is 4.58. The molecule has 0 aromatic carbocycles. The lowest BCUT2D eigenvalue weighted by Gasteiger charge is -2.09. The lowest BCUT2D eigenvalue weighted by atomic mass is 10.2. The molecule has 1 N–H and O–H groups in total. The van der Waals surface area contributed by atoms with Crippen LogP contribution in [0, 0.1) is 0 Å². The number of fused-ring (bicyclic) bond motifs is 1. The van der Waals surface area contributed by atoms with Gasteiger partial charge in [-0.2, -0.15) is 0 Å². The summed E-state index contributed by atoms with van der Waals surface area (Å²) < 4.78 is 5.24. The van der Waals surface area contributed by atoms with Crippen molar-refractivity contribution >= 4 is 11.3 Å². The maximum atomic E-state index is 5.24. The number of methoxy groups -OCH3 is 1. The van der Waals surface area contributed by atoms with E-state index in [0.717, 1.165) is 25.9 Å². The van der Waals surface area contributed by atoms with Crippen molar-refractivity contribution in [3.8, 4) is 0 Å². The molecule has 0 spiro atoms. The summed E-state index contributed by atoms with van der Waals surface area (Å²) in [5.74, 6) is 0. The first-order valence-electron chi connectivity index (χ1n) is 5.00. The van der Waals surface area contributed by atoms with Crippen molar-refractivity contribution in [2.24, 2.45) is 0 Å². The van der Waals surface area contributed by atoms with Crippen molar-refractivity contribution in [3.05, 3.63) is 15.6 Å². The second kappa shape index (κ2) is 4.38. The van der Waals surface area contributed by atoms with Crippen LogP contribution in [0.1, 0.15) is 22.5 Å². The molecule has 3 nitrogen and oxygen atoms in total. The third kappa shape index (κ3) is 2.13. The SMILES string of the molecule is COC(C)Cc1nc2c(s1)CNCC2. The van der Waals surface area contributed by atoms with Gasteiger partial charge in [0.2, 0.25) is 0 Å². The Labute approximate surface area is 88.5 Å². The van der Waals surface area contributed by atoms with Crippen molar-refractivity contribution in [3.63, 3.8) is 0 Å². The molecule has 1 aromatic heterocycles. The zero-order valence-corrected chi connectivity index (χ0v) is 9.49. The van der Waals surface area contributed by atoms with E-state index in [9.17, 15) is 0 Å². The molecule has 1 aliphatic heterocycles. The molecule has 0 amide bonds. The monoisotopic (exact) mass is 212 g/mol. The minimum absolute atomic E-state index is 0.274. The molecule has 78 valence electrons. The van der Waals surface area contributed by atoms with Gasteiger partial charge in [-0.25, -0.2) is 4.98 Å². The fourth-order valence-electron chi connectivity index (χ4n) is 1.60. The van der Waals surface area contributed by atoms with E-state index < -0.39 is 0 Å². The summed E-state index contributed by atoms with van der Waals surface area (Å²) in [5.41, 5.74) is 1.30. The third-order valence-corrected chi connectivity index (χ3v) is 3.63. The van der Waals surface area contributed by atoms with Gasteiger partial charge in [0.1, 0.15) is 0 Å². The van der Waals surface area contributed by atoms with E-state index in [2.05, 4.69) is 17.2 Å². The molecular formula is C10H16N2OS. The standard InChI is InChI=1S/C10H16N2OS/c1-7(13-2)5-10-12-8-3-4-11-6-9(8)14-10/h7,11H,3-6H2,1-2H3. The maximum Gasteiger partial charge on any atom is 0.0957 e. The molecule has 0 radical (unpaired) electrons. The van der Waals surface area contributed by atoms with Crippen LogP contribution in [0.4, 0.5) is 0 Å². The van der Waals surface area contributed by atoms with Crippen LogP contribution in [-0.4, -0.2) is 24.7 Å². The van der Waals surface area contributed by atoms with E-state index >= 15 is 0 Å². The predicted molar refractivity (Wildman–Crippen MR) is 57.7 cm³/mol. The molecule has 0 saturated heterocycles. The lowest BCUT2D eigenvalue weighted by Crippen LogP contribution is -2.22. The van der Waals surface area contributed by atoms with Crippen molar-refractivity contribution in [1.29, 1.82) is 0 Å². The molecule has 0 fully saturated rings. The first-order valence-corrected chi connectivity index (χ1v) is 5.82. The van der Waals surface area contributed by atoms with Gasteiger partial charge in [0.05, 0.1) is 16.8 Å². The van der Waals surface area contributed by atoms with Gasteiger partial charge in [0.25, 0.3) is 0 Å². The largest absolute Gasteiger partial charge is 0.381 e. The van der Waals surface area contributed by atoms with Crippen LogP contribution in [0.15, 0.2) is 0 Å². The Bertz CT molecular complexity index is 288. The third-order valence-electron chi connectivity index (χ3n) is 2.51. The highest BCUT2D eigenvalue weighted by Gasteiger charge is 2.15. The highest BCUT2D eigenvalue weighted by atomic mass is 32.1. The number of aromatic nitrogens is 1. The molecule has 2 rings (SSSR count). The molecule has 14 heavy (non-hydrogen) atoms. The number of ether oxygens (including phenoxy) is 1. The van der Waals surface area contributed by atoms with E-state index in [4.69, 9.17) is 4.74 Å². The number of nitrogens with one attached hydrogen (secondary N) is 1. The van der Waals surface area contributed by atoms with E-state index in [1.165, 1.54) is 15.6 Å². The van der Waals surface area contributed by atoms with Crippen molar-refractivity contribution in [1.82, 2.24) is 10.3 Å². The summed E-state index contributed by atoms with van der Waals surface area (Å²) in [6.07, 6.45) is 2.29. The van der Waals surface area contributed by atoms with Crippen LogP contribution in [0.3, 0.4) is 0 Å². The molecule has 2 heterocycles. The van der Waals surface area contributed by atoms with Gasteiger partial charge in [-0.3, -0.25) is 0 Å². The Balaban J connectivity index is 2.08. The average Bonchev–Trinajstić information content (AvgIpc) is 2.59. The number of rotatable bonds is 3. The van der Waals surface area contributed by atoms with Gasteiger partial charge in [-0.05, 0) is 6.92 Å². The fourth-order valence-corrected chi connectivity index (χ4v) is 2.79. The molecule has 1 aromatic rings. The fraction of sp³-hybridized carbons (Fsp3) is 0.700. The Morgan fingerprint density at radius 2 is 2.50 bits per heavy atom. The maximum absolute atomic E-state index is 5.24. The van der Waals surface area contributed by atoms with Gasteiger partial charge in [-0.15, -0.1) is 11.3 Å². The van der Waals surface area contributed by atoms with Crippen molar-refractivity contribution < 1.29 is 4.74 Å². The van der Waals surface area contributed by atoms with Gasteiger partial charge in [0, 0.05) is 37.9 Å². The second-order valence-corrected chi connectivity index (χ2v) is 4.82. The smallest absolute Gasteiger partial charge is 0.0957 e. The minimum Gasteiger partial charge on any atom is -0.381 e. The molecular weight excluding hydrogens is 196 g/mol. The van der Waals surface area contributed by atoms with Crippen LogP contribution < -0.4 is 5.32 Å². The van der Waals surface area contributed by atoms with Gasteiger partial charge in [-0.1, -0.05) is 0 Å². The zero-order chi connectivity index (χ0) is 9.97. The van der Waals surface area contributed by atoms with Crippen LogP contribution >= 0.6 is 11.3 Å². The van der Waals surface area contributed by atoms with Gasteiger partial charge >= 0.3 is 0 Å². The molecule has 1 atom stereocenters. The Hall–Kier alpha value is -0.450. The topological polar surface area (TPSA) is 34.1 Å². The van der Waals surface area contributed by atoms with Crippen molar-refractivity contribution in [2.45, 2.75) is 32.4 Å². The molecule has 1 aliphatic rings. The number of hydrogen-bond donors (Lipinski definition) is 1. The summed E-state index contributed by atoms with van der Waals surface area (Å²) >= 11 is 1.83. The number of nitrogens with zero attached hydrogens (tertiary/aromatic N) is 1. The highest BCUT2D eigenvalue weighted by molar-refractivity contribution is 7.11. The predicted octanol–water partition coefficient (Wildman–Crippen LogP) is 1.37. The number of hydrogen-bond acceptors (Lipinski definition) is 4. The van der Waals surface area contributed by atoms with Gasteiger partial charge < -0.3 is 10.1 Å². The Morgan fingerprint density at radius 3 is 3.21 bits per heavy atom. The summed E-state index contributed by atoms with van der Waals surface area (Å²) in [7, 11) is 1.75. The lowest BCUT2D eigenvalue weighted by molar-refractivity contribution is 0.118. The minimum atomic E-state index is 0.274. The summed E-state index contributed by atoms with van der Waals surface area (Å²) in [4.78, 5) is 6.05. The normalized spacial score (nSPS) is 17.9. The molecule has 1 unspecified atom stereocenters. The quantitative estimate of drug-likeness (QED) is 0.821. The van der Waals surface area contributed by atoms with E-state index in [1.54, 1.807) is 7.11 Å². The highest BCUT2D eigenvalue weighted by Crippen LogP contribution is 2.22. The van der Waals surface area contributed by atoms with Crippen LogP contribution in [-0.2, 0) is 24.1 Å². The molecule has 0 aliphatic carbocycles. The second-order valence-electron chi connectivity index (χ2n) is 3.65. The van der Waals surface area contributed by atoms with E-state index in [0.29, 0.717) is 0 Å². The number of thiazole rings is 1. The molecule has 0 saturated carbocycles. The Morgan fingerprint density at radius 1 is 1.64 bits per heavy atom. The molecule has 0 bridgehead atoms. The summed E-state index contributed by atoms with van der Waals surface area (Å²) in [6, 6.07) is 0. The van der Waals surface area contributed by atoms with E-state index in [-0.39, 0.29) is 6.10 Å². The van der Waals surface area contributed by atoms with Crippen LogP contribution in [0.25, 0.3) is 0 Å².